The number of ether oxygens (including phenoxy) is 1. The Balaban J connectivity index is 1.13. The largest absolute Gasteiger partial charge is 0.573 e. The van der Waals surface area contributed by atoms with Crippen LogP contribution in [0.1, 0.15) is 43.2 Å². The Morgan fingerprint density at radius 1 is 1.13 bits per heavy atom. The maximum absolute atomic E-state index is 12.8. The average Bonchev–Trinajstić information content (AvgIpc) is 2.84. The number of benzene rings is 1. The topological polar surface area (TPSA) is 106 Å². The van der Waals surface area contributed by atoms with E-state index >= 15 is 0 Å². The molecule has 38 heavy (non-hydrogen) atoms. The van der Waals surface area contributed by atoms with Crippen LogP contribution in [0.4, 0.5) is 24.9 Å². The van der Waals surface area contributed by atoms with Gasteiger partial charge in [-0.25, -0.2) is 4.98 Å². The van der Waals surface area contributed by atoms with E-state index in [4.69, 9.17) is 0 Å². The van der Waals surface area contributed by atoms with Gasteiger partial charge in [0.25, 0.3) is 0 Å². The van der Waals surface area contributed by atoms with Crippen LogP contribution in [0.25, 0.3) is 0 Å². The molecule has 0 amide bonds. The summed E-state index contributed by atoms with van der Waals surface area (Å²) in [5, 5.41) is 25.9. The molecule has 1 aromatic heterocycles. The summed E-state index contributed by atoms with van der Waals surface area (Å²) >= 11 is 0. The lowest BCUT2D eigenvalue weighted by atomic mass is 9.47. The maximum Gasteiger partial charge on any atom is 0.573 e. The highest BCUT2D eigenvalue weighted by atomic mass is 19.4. The number of nitriles is 1. The average molecular weight is 529 g/mol. The first-order valence-corrected chi connectivity index (χ1v) is 13.2. The molecule has 2 aromatic rings. The second-order valence-corrected chi connectivity index (χ2v) is 11.5. The predicted octanol–water partition coefficient (Wildman–Crippen LogP) is 4.14. The molecule has 1 saturated heterocycles. The van der Waals surface area contributed by atoms with Crippen LogP contribution < -0.4 is 15.4 Å². The summed E-state index contributed by atoms with van der Waals surface area (Å²) in [6, 6.07) is 8.63. The van der Waals surface area contributed by atoms with Crippen molar-refractivity contribution in [3.05, 3.63) is 41.6 Å². The molecule has 3 N–H and O–H groups in total. The third-order valence-corrected chi connectivity index (χ3v) is 8.84. The third kappa shape index (κ3) is 4.99. The molecule has 1 aliphatic heterocycles. The zero-order chi connectivity index (χ0) is 26.5. The van der Waals surface area contributed by atoms with Gasteiger partial charge in [-0.05, 0) is 61.3 Å². The summed E-state index contributed by atoms with van der Waals surface area (Å²) in [5.41, 5.74) is 0.800. The summed E-state index contributed by atoms with van der Waals surface area (Å²) in [5.74, 6) is 2.39. The summed E-state index contributed by atoms with van der Waals surface area (Å²) in [7, 11) is 0. The minimum absolute atomic E-state index is 0.0269. The lowest BCUT2D eigenvalue weighted by Gasteiger charge is -2.63. The van der Waals surface area contributed by atoms with E-state index < -0.39 is 6.36 Å². The number of rotatable bonds is 8. The van der Waals surface area contributed by atoms with Gasteiger partial charge in [-0.1, -0.05) is 18.2 Å². The fraction of sp³-hybridized carbons (Fsp3) is 0.593. The molecule has 0 radical (unpaired) electrons. The standard InChI is InChI=1S/C27H31F3N6O2/c28-27(29,30)38-22-4-2-1-3-17(22)11-32-25-33-12-20(10-31)24(35-25)34-15-26-7-16-5-18(8-26)23(19(6-16)9-26)36-13-21(37)14-36/h1-4,12,16,18-19,21,23,37H,5-9,11,13-15H2,(H2,32,33,34,35)/t16?,18-,19+,23?,26?. The summed E-state index contributed by atoms with van der Waals surface area (Å²) < 4.78 is 42.4. The number of nitrogens with one attached hydrogen (secondary N) is 2. The number of hydrogen-bond donors (Lipinski definition) is 3. The molecular formula is C27H31F3N6O2. The van der Waals surface area contributed by atoms with E-state index in [2.05, 4.69) is 36.3 Å². The highest BCUT2D eigenvalue weighted by Gasteiger charge is 2.57. The quantitative estimate of drug-likeness (QED) is 0.470. The molecule has 202 valence electrons. The molecule has 0 spiro atoms. The van der Waals surface area contributed by atoms with Crippen LogP contribution in [0.15, 0.2) is 30.5 Å². The van der Waals surface area contributed by atoms with Crippen molar-refractivity contribution in [3.8, 4) is 11.8 Å². The molecule has 4 aliphatic carbocycles. The number of aliphatic hydroxyl groups excluding tert-OH is 1. The number of β-amino-alcohol motifs (C(OH)–C–C–N with tert-alkyl or cyclic N) is 1. The van der Waals surface area contributed by atoms with Crippen molar-refractivity contribution in [1.82, 2.24) is 14.9 Å². The van der Waals surface area contributed by atoms with Crippen LogP contribution in [0.2, 0.25) is 0 Å². The van der Waals surface area contributed by atoms with Gasteiger partial charge in [0.05, 0.1) is 12.3 Å². The highest BCUT2D eigenvalue weighted by molar-refractivity contribution is 5.53. The van der Waals surface area contributed by atoms with Crippen LogP contribution >= 0.6 is 0 Å². The Labute approximate surface area is 219 Å². The van der Waals surface area contributed by atoms with E-state index in [1.165, 1.54) is 43.7 Å². The van der Waals surface area contributed by atoms with Gasteiger partial charge in [-0.2, -0.15) is 10.2 Å². The van der Waals surface area contributed by atoms with Gasteiger partial charge in [0.1, 0.15) is 23.2 Å². The molecule has 5 aliphatic rings. The Morgan fingerprint density at radius 3 is 2.55 bits per heavy atom. The van der Waals surface area contributed by atoms with Crippen molar-refractivity contribution in [2.45, 2.75) is 57.2 Å². The lowest BCUT2D eigenvalue weighted by molar-refractivity contribution is -0.274. The smallest absolute Gasteiger partial charge is 0.405 e. The van der Waals surface area contributed by atoms with Crippen molar-refractivity contribution in [2.24, 2.45) is 23.2 Å². The molecule has 5 fully saturated rings. The number of anilines is 2. The minimum atomic E-state index is -4.79. The maximum atomic E-state index is 12.8. The normalized spacial score (nSPS) is 30.5. The Kier molecular flexibility index (Phi) is 6.35. The molecular weight excluding hydrogens is 497 g/mol. The Morgan fingerprint density at radius 2 is 1.87 bits per heavy atom. The summed E-state index contributed by atoms with van der Waals surface area (Å²) in [6.45, 7) is 2.34. The fourth-order valence-electron chi connectivity index (χ4n) is 7.71. The van der Waals surface area contributed by atoms with Crippen molar-refractivity contribution in [3.63, 3.8) is 0 Å². The number of nitrogens with zero attached hydrogens (tertiary/aromatic N) is 4. The van der Waals surface area contributed by atoms with E-state index in [0.717, 1.165) is 38.4 Å². The first kappa shape index (κ1) is 25.2. The minimum Gasteiger partial charge on any atom is -0.405 e. The molecule has 7 rings (SSSR count). The number of aromatic nitrogens is 2. The van der Waals surface area contributed by atoms with Crippen LogP contribution in [-0.4, -0.2) is 58.1 Å². The van der Waals surface area contributed by atoms with Crippen LogP contribution in [0.3, 0.4) is 0 Å². The molecule has 2 heterocycles. The number of alkyl halides is 3. The molecule has 5 atom stereocenters. The highest BCUT2D eigenvalue weighted by Crippen LogP contribution is 2.61. The van der Waals surface area contributed by atoms with Crippen LogP contribution in [0, 0.1) is 34.5 Å². The van der Waals surface area contributed by atoms with E-state index in [0.29, 0.717) is 34.8 Å². The molecule has 4 saturated carbocycles. The van der Waals surface area contributed by atoms with Crippen LogP contribution in [0.5, 0.6) is 5.75 Å². The second-order valence-electron chi connectivity index (χ2n) is 11.5. The van der Waals surface area contributed by atoms with E-state index in [9.17, 15) is 23.5 Å². The van der Waals surface area contributed by atoms with E-state index in [1.54, 1.807) is 6.07 Å². The van der Waals surface area contributed by atoms with Gasteiger partial charge < -0.3 is 20.5 Å². The van der Waals surface area contributed by atoms with Gasteiger partial charge in [-0.3, -0.25) is 4.90 Å². The van der Waals surface area contributed by atoms with Gasteiger partial charge in [0, 0.05) is 37.8 Å². The van der Waals surface area contributed by atoms with Crippen molar-refractivity contribution < 1.29 is 23.0 Å². The van der Waals surface area contributed by atoms with Gasteiger partial charge in [0.2, 0.25) is 5.95 Å². The SMILES string of the molecule is N#Cc1cnc(NCc2ccccc2OC(F)(F)F)nc1NCC12CC3C[C@H](C1)C(N1CC(O)C1)[C@@H](C3)C2. The van der Waals surface area contributed by atoms with Crippen molar-refractivity contribution in [2.75, 3.05) is 30.3 Å². The number of aliphatic hydroxyl groups is 1. The zero-order valence-corrected chi connectivity index (χ0v) is 20.9. The number of hydrogen-bond acceptors (Lipinski definition) is 8. The monoisotopic (exact) mass is 528 g/mol. The van der Waals surface area contributed by atoms with Gasteiger partial charge >= 0.3 is 6.36 Å². The molecule has 4 bridgehead atoms. The van der Waals surface area contributed by atoms with Crippen molar-refractivity contribution >= 4 is 11.8 Å². The number of para-hydroxylation sites is 1. The number of likely N-dealkylation sites (tertiary alicyclic amines) is 1. The molecule has 11 heteroatoms. The predicted molar refractivity (Wildman–Crippen MR) is 133 cm³/mol. The number of halogens is 3. The lowest BCUT2D eigenvalue weighted by Crippen LogP contribution is -2.66. The third-order valence-electron chi connectivity index (χ3n) is 8.84. The van der Waals surface area contributed by atoms with E-state index in [-0.39, 0.29) is 29.8 Å². The first-order chi connectivity index (χ1) is 18.2. The molecule has 3 unspecified atom stereocenters. The van der Waals surface area contributed by atoms with Gasteiger partial charge in [-0.15, -0.1) is 13.2 Å². The Hall–Kier alpha value is -3.10. The zero-order valence-electron chi connectivity index (χ0n) is 20.9. The fourth-order valence-corrected chi connectivity index (χ4v) is 7.71. The Bertz CT molecular complexity index is 1210. The summed E-state index contributed by atoms with van der Waals surface area (Å²) in [6.07, 6.45) is 2.44. The van der Waals surface area contributed by atoms with Crippen molar-refractivity contribution in [1.29, 1.82) is 5.26 Å². The molecule has 8 nitrogen and oxygen atoms in total. The summed E-state index contributed by atoms with van der Waals surface area (Å²) in [4.78, 5) is 11.2. The van der Waals surface area contributed by atoms with E-state index in [1.807, 2.05) is 0 Å². The molecule has 1 aromatic carbocycles. The second kappa shape index (κ2) is 9.58. The van der Waals surface area contributed by atoms with Gasteiger partial charge in [0.15, 0.2) is 0 Å². The first-order valence-electron chi connectivity index (χ1n) is 13.2. The van der Waals surface area contributed by atoms with Crippen LogP contribution in [-0.2, 0) is 6.54 Å².